The van der Waals surface area contributed by atoms with Gasteiger partial charge in [-0.1, -0.05) is 6.07 Å². The quantitative estimate of drug-likeness (QED) is 0.457. The van der Waals surface area contributed by atoms with Crippen LogP contribution in [0.15, 0.2) is 24.5 Å². The molecule has 0 aliphatic carbocycles. The minimum Gasteiger partial charge on any atom is -0.481 e. The number of unbranched alkanes of at least 4 members (excludes halogenated alkanes) is 1. The van der Waals surface area contributed by atoms with Crippen molar-refractivity contribution in [3.8, 4) is 6.01 Å². The Kier molecular flexibility index (Phi) is 8.30. The third-order valence-corrected chi connectivity index (χ3v) is 5.60. The summed E-state index contributed by atoms with van der Waals surface area (Å²) in [6.07, 6.45) is 5.41. The van der Waals surface area contributed by atoms with E-state index in [2.05, 4.69) is 26.3 Å². The molecule has 1 atom stereocenters. The van der Waals surface area contributed by atoms with Crippen molar-refractivity contribution in [3.63, 3.8) is 0 Å². The summed E-state index contributed by atoms with van der Waals surface area (Å²) in [6.45, 7) is 3.07. The van der Waals surface area contributed by atoms with Crippen LogP contribution in [0.4, 0.5) is 14.6 Å². The number of nitrogens with one attached hydrogen (secondary N) is 1. The maximum absolute atomic E-state index is 14.4. The second kappa shape index (κ2) is 11.2. The van der Waals surface area contributed by atoms with E-state index in [1.54, 1.807) is 6.92 Å². The zero-order chi connectivity index (χ0) is 23.0. The first-order valence-electron chi connectivity index (χ1n) is 11.2. The van der Waals surface area contributed by atoms with Gasteiger partial charge in [-0.2, -0.15) is 0 Å². The molecular weight excluding hydrogens is 418 g/mol. The van der Waals surface area contributed by atoms with E-state index < -0.39 is 24.2 Å². The van der Waals surface area contributed by atoms with Crippen LogP contribution in [0.25, 0.3) is 0 Å². The summed E-state index contributed by atoms with van der Waals surface area (Å²) in [5.41, 5.74) is 2.41. The van der Waals surface area contributed by atoms with Crippen LogP contribution in [0.3, 0.4) is 0 Å². The Hall–Kier alpha value is -2.84. The second-order valence-electron chi connectivity index (χ2n) is 8.07. The van der Waals surface area contributed by atoms with Gasteiger partial charge in [0.05, 0.1) is 12.5 Å². The number of ether oxygens (including phenoxy) is 1. The van der Waals surface area contributed by atoms with Crippen LogP contribution in [0.5, 0.6) is 6.01 Å². The first kappa shape index (κ1) is 23.8. The number of aromatic nitrogens is 3. The topological polar surface area (TPSA) is 97.2 Å². The fraction of sp³-hybridized carbons (Fsp3) is 0.565. The van der Waals surface area contributed by atoms with Gasteiger partial charge in [0.2, 0.25) is 5.92 Å². The van der Waals surface area contributed by atoms with Crippen molar-refractivity contribution in [2.24, 2.45) is 0 Å². The van der Waals surface area contributed by atoms with Gasteiger partial charge < -0.3 is 15.2 Å². The smallest absolute Gasteiger partial charge is 0.316 e. The molecule has 2 aromatic heterocycles. The maximum atomic E-state index is 14.4. The number of halogens is 2. The third-order valence-electron chi connectivity index (χ3n) is 5.60. The molecule has 32 heavy (non-hydrogen) atoms. The molecule has 0 radical (unpaired) electrons. The molecule has 0 saturated heterocycles. The summed E-state index contributed by atoms with van der Waals surface area (Å²) < 4.78 is 33.9. The van der Waals surface area contributed by atoms with Crippen LogP contribution in [-0.2, 0) is 17.6 Å². The Balaban J connectivity index is 1.45. The number of rotatable bonds is 12. The van der Waals surface area contributed by atoms with Gasteiger partial charge in [-0.3, -0.25) is 4.79 Å². The van der Waals surface area contributed by atoms with Crippen LogP contribution in [0.2, 0.25) is 0 Å². The van der Waals surface area contributed by atoms with E-state index in [-0.39, 0.29) is 18.9 Å². The predicted molar refractivity (Wildman–Crippen MR) is 116 cm³/mol. The van der Waals surface area contributed by atoms with Crippen LogP contribution >= 0.6 is 0 Å². The average Bonchev–Trinajstić information content (AvgIpc) is 2.78. The molecule has 0 unspecified atom stereocenters. The molecule has 1 aliphatic heterocycles. The van der Waals surface area contributed by atoms with Gasteiger partial charge in [0.1, 0.15) is 5.82 Å². The number of aryl methyl sites for hydroxylation is 2. The van der Waals surface area contributed by atoms with E-state index in [0.717, 1.165) is 30.9 Å². The highest BCUT2D eigenvalue weighted by molar-refractivity contribution is 5.75. The first-order chi connectivity index (χ1) is 15.4. The van der Waals surface area contributed by atoms with Gasteiger partial charge in [-0.15, -0.1) is 0 Å². The minimum atomic E-state index is -2.93. The number of carboxylic acid groups (broad SMARTS) is 1. The number of pyridine rings is 1. The molecule has 2 N–H and O–H groups in total. The number of fused-ring (bicyclic) bond motifs is 1. The Morgan fingerprint density at radius 1 is 1.25 bits per heavy atom. The molecular formula is C23H30F2N4O3. The van der Waals surface area contributed by atoms with Crippen LogP contribution in [0.1, 0.15) is 68.2 Å². The Morgan fingerprint density at radius 2 is 2.03 bits per heavy atom. The van der Waals surface area contributed by atoms with Crippen molar-refractivity contribution in [1.82, 2.24) is 15.0 Å². The molecule has 0 amide bonds. The van der Waals surface area contributed by atoms with Crippen LogP contribution in [0, 0.1) is 0 Å². The fourth-order valence-electron chi connectivity index (χ4n) is 3.82. The van der Waals surface area contributed by atoms with Crippen molar-refractivity contribution < 1.29 is 23.4 Å². The van der Waals surface area contributed by atoms with Gasteiger partial charge in [0.25, 0.3) is 0 Å². The monoisotopic (exact) mass is 448 g/mol. The van der Waals surface area contributed by atoms with E-state index >= 15 is 0 Å². The SMILES string of the molecule is CCOc1ncc([C@H](CCC(F)(F)CCCCc2ccc3c(n2)NCCC3)C(=O)O)cn1. The Labute approximate surface area is 186 Å². The summed E-state index contributed by atoms with van der Waals surface area (Å²) >= 11 is 0. The minimum absolute atomic E-state index is 0.134. The van der Waals surface area contributed by atoms with Crippen LogP contribution < -0.4 is 10.1 Å². The molecule has 0 bridgehead atoms. The zero-order valence-corrected chi connectivity index (χ0v) is 18.3. The molecule has 9 heteroatoms. The lowest BCUT2D eigenvalue weighted by atomic mass is 9.93. The standard InChI is InChI=1S/C23H30F2N4O3/c1-2-32-22-27-14-17(15-28-22)19(21(30)31)10-12-23(24,25)11-4-3-7-18-9-8-16-6-5-13-26-20(16)29-18/h8-9,14-15,19H,2-7,10-13H2,1H3,(H,26,29)(H,30,31)/t19-/m0/s1. The number of hydrogen-bond acceptors (Lipinski definition) is 6. The summed E-state index contributed by atoms with van der Waals surface area (Å²) in [6, 6.07) is 4.17. The van der Waals surface area contributed by atoms with Gasteiger partial charge in [-0.25, -0.2) is 23.7 Å². The fourth-order valence-corrected chi connectivity index (χ4v) is 3.82. The normalized spacial score (nSPS) is 14.3. The first-order valence-corrected chi connectivity index (χ1v) is 11.2. The Morgan fingerprint density at radius 3 is 2.75 bits per heavy atom. The highest BCUT2D eigenvalue weighted by Gasteiger charge is 2.32. The van der Waals surface area contributed by atoms with E-state index in [9.17, 15) is 18.7 Å². The molecule has 2 aromatic rings. The number of carboxylic acids is 1. The molecule has 3 heterocycles. The summed E-state index contributed by atoms with van der Waals surface area (Å²) in [5.74, 6) is -4.26. The number of hydrogen-bond donors (Lipinski definition) is 2. The summed E-state index contributed by atoms with van der Waals surface area (Å²) in [5, 5.41) is 12.8. The molecule has 0 fully saturated rings. The molecule has 7 nitrogen and oxygen atoms in total. The third kappa shape index (κ3) is 6.83. The summed E-state index contributed by atoms with van der Waals surface area (Å²) in [4.78, 5) is 24.1. The van der Waals surface area contributed by atoms with Crippen molar-refractivity contribution in [2.75, 3.05) is 18.5 Å². The largest absolute Gasteiger partial charge is 0.481 e. The highest BCUT2D eigenvalue weighted by Crippen LogP contribution is 2.32. The van der Waals surface area contributed by atoms with Crippen molar-refractivity contribution in [1.29, 1.82) is 0 Å². The van der Waals surface area contributed by atoms with Crippen molar-refractivity contribution >= 4 is 11.8 Å². The average molecular weight is 449 g/mol. The van der Waals surface area contributed by atoms with E-state index in [1.165, 1.54) is 18.0 Å². The van der Waals surface area contributed by atoms with E-state index in [1.807, 2.05) is 6.07 Å². The number of nitrogens with zero attached hydrogens (tertiary/aromatic N) is 3. The van der Waals surface area contributed by atoms with Crippen molar-refractivity contribution in [3.05, 3.63) is 41.3 Å². The van der Waals surface area contributed by atoms with Gasteiger partial charge in [0, 0.05) is 43.0 Å². The maximum Gasteiger partial charge on any atom is 0.316 e. The second-order valence-corrected chi connectivity index (χ2v) is 8.07. The molecule has 3 rings (SSSR count). The van der Waals surface area contributed by atoms with Crippen molar-refractivity contribution in [2.45, 2.75) is 70.1 Å². The number of anilines is 1. The number of alkyl halides is 2. The van der Waals surface area contributed by atoms with E-state index in [0.29, 0.717) is 31.4 Å². The lowest BCUT2D eigenvalue weighted by Crippen LogP contribution is -2.20. The number of carbonyl (C=O) groups is 1. The zero-order valence-electron chi connectivity index (χ0n) is 18.3. The molecule has 0 saturated carbocycles. The van der Waals surface area contributed by atoms with E-state index in [4.69, 9.17) is 4.74 Å². The number of aliphatic carboxylic acids is 1. The van der Waals surface area contributed by atoms with Gasteiger partial charge in [-0.05, 0) is 57.1 Å². The highest BCUT2D eigenvalue weighted by atomic mass is 19.3. The molecule has 174 valence electrons. The Bertz CT molecular complexity index is 893. The molecule has 0 aromatic carbocycles. The van der Waals surface area contributed by atoms with Crippen LogP contribution in [-0.4, -0.2) is 45.1 Å². The lowest BCUT2D eigenvalue weighted by Gasteiger charge is -2.19. The summed E-state index contributed by atoms with van der Waals surface area (Å²) in [7, 11) is 0. The van der Waals surface area contributed by atoms with Gasteiger partial charge in [0.15, 0.2) is 0 Å². The van der Waals surface area contributed by atoms with Gasteiger partial charge >= 0.3 is 12.0 Å². The molecule has 0 spiro atoms. The predicted octanol–water partition coefficient (Wildman–Crippen LogP) is 4.63. The lowest BCUT2D eigenvalue weighted by molar-refractivity contribution is -0.139. The molecule has 1 aliphatic rings.